The molecule has 0 radical (unpaired) electrons. The SMILES string of the molecule is COc1ncc(-c2ccnc3ccc(OC4CCN(C(=O)C5CCS(=O)(=O)CC5)C4)cc23)cc1C(F)F. The molecule has 5 rings (SSSR count). The summed E-state index contributed by atoms with van der Waals surface area (Å²) < 4.78 is 61.6. The molecule has 0 bridgehead atoms. The van der Waals surface area contributed by atoms with Crippen LogP contribution < -0.4 is 9.47 Å². The maximum Gasteiger partial charge on any atom is 0.269 e. The van der Waals surface area contributed by atoms with Gasteiger partial charge in [-0.3, -0.25) is 9.78 Å². The number of ether oxygens (including phenoxy) is 2. The molecule has 196 valence electrons. The highest BCUT2D eigenvalue weighted by molar-refractivity contribution is 7.91. The number of hydrogen-bond acceptors (Lipinski definition) is 7. The molecule has 2 aliphatic heterocycles. The lowest BCUT2D eigenvalue weighted by molar-refractivity contribution is -0.135. The van der Waals surface area contributed by atoms with Crippen LogP contribution in [0.5, 0.6) is 11.6 Å². The second-order valence-electron chi connectivity index (χ2n) is 9.40. The number of halogens is 2. The van der Waals surface area contributed by atoms with E-state index in [-0.39, 0.29) is 40.9 Å². The zero-order valence-electron chi connectivity index (χ0n) is 20.3. The molecule has 2 saturated heterocycles. The zero-order valence-corrected chi connectivity index (χ0v) is 21.1. The minimum atomic E-state index is -3.02. The van der Waals surface area contributed by atoms with E-state index >= 15 is 0 Å². The molecule has 1 unspecified atom stereocenters. The van der Waals surface area contributed by atoms with Crippen molar-refractivity contribution in [3.63, 3.8) is 0 Å². The standard InChI is InChI=1S/C26H27F2N3O5S/c1-35-25-22(24(27)28)12-17(14-30-25)20-4-8-29-23-3-2-18(13-21(20)23)36-19-5-9-31(15-19)26(32)16-6-10-37(33,34)11-7-16/h2-4,8,12-14,16,19,24H,5-7,9-11,15H2,1H3. The third-order valence-electron chi connectivity index (χ3n) is 6.99. The predicted octanol–water partition coefficient (Wildman–Crippen LogP) is 4.05. The van der Waals surface area contributed by atoms with Crippen LogP contribution in [0.4, 0.5) is 8.78 Å². The van der Waals surface area contributed by atoms with Crippen molar-refractivity contribution in [2.24, 2.45) is 5.92 Å². The smallest absolute Gasteiger partial charge is 0.269 e. The molecule has 1 amide bonds. The molecule has 0 N–H and O–H groups in total. The minimum absolute atomic E-state index is 0.00663. The molecule has 2 fully saturated rings. The minimum Gasteiger partial charge on any atom is -0.488 e. The number of fused-ring (bicyclic) bond motifs is 1. The lowest BCUT2D eigenvalue weighted by atomic mass is 10.0. The molecule has 1 aromatic carbocycles. The van der Waals surface area contributed by atoms with Gasteiger partial charge in [0.05, 0.1) is 36.2 Å². The van der Waals surface area contributed by atoms with Gasteiger partial charge in [0.25, 0.3) is 6.43 Å². The Labute approximate surface area is 213 Å². The van der Waals surface area contributed by atoms with Crippen LogP contribution in [0, 0.1) is 5.92 Å². The summed E-state index contributed by atoms with van der Waals surface area (Å²) in [6, 6.07) is 8.54. The van der Waals surface area contributed by atoms with Crippen molar-refractivity contribution in [2.75, 3.05) is 31.7 Å². The molecule has 11 heteroatoms. The molecule has 2 aromatic heterocycles. The predicted molar refractivity (Wildman–Crippen MR) is 133 cm³/mol. The number of benzene rings is 1. The summed E-state index contributed by atoms with van der Waals surface area (Å²) in [5.41, 5.74) is 1.58. The Morgan fingerprint density at radius 2 is 1.89 bits per heavy atom. The Bertz CT molecular complexity index is 1420. The largest absolute Gasteiger partial charge is 0.488 e. The van der Waals surface area contributed by atoms with E-state index in [0.29, 0.717) is 54.7 Å². The number of likely N-dealkylation sites (tertiary alicyclic amines) is 1. The number of carbonyl (C=O) groups is 1. The van der Waals surface area contributed by atoms with Crippen molar-refractivity contribution in [1.82, 2.24) is 14.9 Å². The maximum atomic E-state index is 13.5. The lowest BCUT2D eigenvalue weighted by Gasteiger charge is -2.26. The Hall–Kier alpha value is -3.34. The molecule has 4 heterocycles. The molecule has 0 spiro atoms. The monoisotopic (exact) mass is 531 g/mol. The molecular weight excluding hydrogens is 504 g/mol. The summed E-state index contributed by atoms with van der Waals surface area (Å²) in [7, 11) is -1.72. The maximum absolute atomic E-state index is 13.5. The Kier molecular flexibility index (Phi) is 6.98. The quantitative estimate of drug-likeness (QED) is 0.473. The van der Waals surface area contributed by atoms with Gasteiger partial charge in [0.1, 0.15) is 21.7 Å². The number of aromatic nitrogens is 2. The number of alkyl halides is 2. The van der Waals surface area contributed by atoms with Crippen molar-refractivity contribution < 1.29 is 31.5 Å². The van der Waals surface area contributed by atoms with Crippen LogP contribution in [0.3, 0.4) is 0 Å². The number of amides is 1. The fourth-order valence-electron chi connectivity index (χ4n) is 5.01. The number of methoxy groups -OCH3 is 1. The van der Waals surface area contributed by atoms with E-state index in [4.69, 9.17) is 9.47 Å². The number of nitrogens with zero attached hydrogens (tertiary/aromatic N) is 3. The Balaban J connectivity index is 1.33. The van der Waals surface area contributed by atoms with Gasteiger partial charge in [0.2, 0.25) is 11.8 Å². The van der Waals surface area contributed by atoms with Gasteiger partial charge in [-0.25, -0.2) is 22.2 Å². The van der Waals surface area contributed by atoms with Gasteiger partial charge in [0, 0.05) is 42.2 Å². The highest BCUT2D eigenvalue weighted by atomic mass is 32.2. The first-order chi connectivity index (χ1) is 17.7. The van der Waals surface area contributed by atoms with E-state index < -0.39 is 16.3 Å². The highest BCUT2D eigenvalue weighted by Gasteiger charge is 2.35. The van der Waals surface area contributed by atoms with Crippen LogP contribution in [-0.4, -0.2) is 67.0 Å². The van der Waals surface area contributed by atoms with Crippen molar-refractivity contribution in [3.8, 4) is 22.8 Å². The fraction of sp³-hybridized carbons (Fsp3) is 0.423. The normalized spacial score (nSPS) is 19.9. The van der Waals surface area contributed by atoms with E-state index in [2.05, 4.69) is 9.97 Å². The summed E-state index contributed by atoms with van der Waals surface area (Å²) >= 11 is 0. The van der Waals surface area contributed by atoms with E-state index in [1.807, 2.05) is 6.07 Å². The van der Waals surface area contributed by atoms with Gasteiger partial charge in [0.15, 0.2) is 0 Å². The summed E-state index contributed by atoms with van der Waals surface area (Å²) in [5, 5.41) is 0.724. The fourth-order valence-corrected chi connectivity index (χ4v) is 6.50. The zero-order chi connectivity index (χ0) is 26.2. The van der Waals surface area contributed by atoms with Crippen molar-refractivity contribution >= 4 is 26.6 Å². The first-order valence-corrected chi connectivity index (χ1v) is 13.9. The van der Waals surface area contributed by atoms with Crippen LogP contribution in [0.15, 0.2) is 42.7 Å². The molecule has 0 saturated carbocycles. The highest BCUT2D eigenvalue weighted by Crippen LogP contribution is 2.35. The van der Waals surface area contributed by atoms with Crippen LogP contribution in [-0.2, 0) is 14.6 Å². The Morgan fingerprint density at radius 3 is 2.62 bits per heavy atom. The van der Waals surface area contributed by atoms with Crippen molar-refractivity contribution in [1.29, 1.82) is 0 Å². The number of rotatable bonds is 6. The third kappa shape index (κ3) is 5.36. The second-order valence-corrected chi connectivity index (χ2v) is 11.7. The van der Waals surface area contributed by atoms with Gasteiger partial charge >= 0.3 is 0 Å². The number of hydrogen-bond donors (Lipinski definition) is 0. The van der Waals surface area contributed by atoms with Gasteiger partial charge in [-0.1, -0.05) is 0 Å². The summed E-state index contributed by atoms with van der Waals surface area (Å²) in [4.78, 5) is 23.1. The first kappa shape index (κ1) is 25.3. The molecule has 3 aromatic rings. The van der Waals surface area contributed by atoms with Crippen LogP contribution in [0.2, 0.25) is 0 Å². The van der Waals surface area contributed by atoms with E-state index in [1.54, 1.807) is 29.3 Å². The van der Waals surface area contributed by atoms with E-state index in [9.17, 15) is 22.0 Å². The molecule has 0 aliphatic carbocycles. The van der Waals surface area contributed by atoms with Gasteiger partial charge in [-0.15, -0.1) is 0 Å². The summed E-state index contributed by atoms with van der Waals surface area (Å²) in [6.07, 6.45) is 1.57. The second kappa shape index (κ2) is 10.2. The van der Waals surface area contributed by atoms with Gasteiger partial charge in [-0.05, 0) is 48.7 Å². The number of sulfone groups is 1. The number of pyridine rings is 2. The van der Waals surface area contributed by atoms with Crippen LogP contribution >= 0.6 is 0 Å². The third-order valence-corrected chi connectivity index (χ3v) is 8.71. The Morgan fingerprint density at radius 1 is 1.11 bits per heavy atom. The van der Waals surface area contributed by atoms with Crippen LogP contribution in [0.25, 0.3) is 22.0 Å². The molecule has 2 aliphatic rings. The lowest BCUT2D eigenvalue weighted by Crippen LogP contribution is -2.39. The number of carbonyl (C=O) groups excluding carboxylic acids is 1. The van der Waals surface area contributed by atoms with Gasteiger partial charge in [-0.2, -0.15) is 0 Å². The molecular formula is C26H27F2N3O5S. The molecule has 1 atom stereocenters. The summed E-state index contributed by atoms with van der Waals surface area (Å²) in [6.45, 7) is 0.987. The van der Waals surface area contributed by atoms with Crippen LogP contribution in [0.1, 0.15) is 31.3 Å². The average molecular weight is 532 g/mol. The summed E-state index contributed by atoms with van der Waals surface area (Å²) in [5.74, 6) is 0.331. The van der Waals surface area contributed by atoms with Gasteiger partial charge < -0.3 is 14.4 Å². The van der Waals surface area contributed by atoms with E-state index in [0.717, 1.165) is 5.39 Å². The molecule has 37 heavy (non-hydrogen) atoms. The molecule has 8 nitrogen and oxygen atoms in total. The van der Waals surface area contributed by atoms with Crippen molar-refractivity contribution in [2.45, 2.75) is 31.8 Å². The van der Waals surface area contributed by atoms with Crippen molar-refractivity contribution in [3.05, 3.63) is 48.3 Å². The topological polar surface area (TPSA) is 98.7 Å². The average Bonchev–Trinajstić information content (AvgIpc) is 3.36. The first-order valence-electron chi connectivity index (χ1n) is 12.1. The van der Waals surface area contributed by atoms with E-state index in [1.165, 1.54) is 19.4 Å².